The zero-order valence-corrected chi connectivity index (χ0v) is 8.82. The number of hydrogen-bond donors (Lipinski definition) is 2. The van der Waals surface area contributed by atoms with Crippen molar-refractivity contribution in [3.8, 4) is 0 Å². The number of amides is 1. The second-order valence-electron chi connectivity index (χ2n) is 4.09. The highest BCUT2D eigenvalue weighted by molar-refractivity contribution is 5.79. The molecule has 1 aliphatic rings. The van der Waals surface area contributed by atoms with E-state index in [0.717, 1.165) is 12.8 Å². The summed E-state index contributed by atoms with van der Waals surface area (Å²) in [5.41, 5.74) is 0.383. The molecule has 3 nitrogen and oxygen atoms in total. The minimum Gasteiger partial charge on any atom is -0.391 e. The van der Waals surface area contributed by atoms with Crippen molar-refractivity contribution >= 4 is 5.91 Å². The van der Waals surface area contributed by atoms with Gasteiger partial charge in [0.15, 0.2) is 0 Å². The zero-order valence-electron chi connectivity index (χ0n) is 8.82. The van der Waals surface area contributed by atoms with Gasteiger partial charge in [0.25, 0.3) is 0 Å². The van der Waals surface area contributed by atoms with Crippen LogP contribution in [-0.4, -0.2) is 23.2 Å². The summed E-state index contributed by atoms with van der Waals surface area (Å²) in [6.07, 6.45) is 1.11. The second-order valence-corrected chi connectivity index (χ2v) is 4.09. The van der Waals surface area contributed by atoms with E-state index in [1.807, 2.05) is 0 Å². The molecule has 1 aromatic rings. The summed E-state index contributed by atoms with van der Waals surface area (Å²) in [6.45, 7) is 0. The predicted octanol–water partition coefficient (Wildman–Crippen LogP) is 1.01. The molecule has 4 heteroatoms. The molecule has 2 rings (SSSR count). The maximum Gasteiger partial charge on any atom is 0.224 e. The van der Waals surface area contributed by atoms with Crippen molar-refractivity contribution in [2.45, 2.75) is 31.4 Å². The largest absolute Gasteiger partial charge is 0.391 e. The quantitative estimate of drug-likeness (QED) is 0.803. The van der Waals surface area contributed by atoms with Crippen LogP contribution in [0.3, 0.4) is 0 Å². The molecule has 16 heavy (non-hydrogen) atoms. The van der Waals surface area contributed by atoms with E-state index in [-0.39, 0.29) is 24.2 Å². The molecule has 0 radical (unpaired) electrons. The molecule has 0 aromatic heterocycles. The molecule has 1 saturated carbocycles. The van der Waals surface area contributed by atoms with Gasteiger partial charge in [0, 0.05) is 0 Å². The Morgan fingerprint density at radius 3 is 2.75 bits per heavy atom. The minimum atomic E-state index is -0.440. The Morgan fingerprint density at radius 1 is 1.44 bits per heavy atom. The van der Waals surface area contributed by atoms with Gasteiger partial charge >= 0.3 is 0 Å². The molecule has 1 fully saturated rings. The number of carbonyl (C=O) groups is 1. The van der Waals surface area contributed by atoms with E-state index in [9.17, 15) is 14.3 Å². The molecular weight excluding hydrogens is 209 g/mol. The Hall–Kier alpha value is -1.42. The average Bonchev–Trinajstić information content (AvgIpc) is 2.27. The highest BCUT2D eigenvalue weighted by atomic mass is 19.1. The van der Waals surface area contributed by atoms with Crippen LogP contribution in [0.15, 0.2) is 24.3 Å². The number of carbonyl (C=O) groups excluding carboxylic acids is 1. The van der Waals surface area contributed by atoms with E-state index in [4.69, 9.17) is 0 Å². The fourth-order valence-corrected chi connectivity index (χ4v) is 1.72. The number of benzene rings is 1. The lowest BCUT2D eigenvalue weighted by Gasteiger charge is -2.32. The lowest BCUT2D eigenvalue weighted by Crippen LogP contribution is -2.50. The summed E-state index contributed by atoms with van der Waals surface area (Å²) in [7, 11) is 0. The number of rotatable bonds is 3. The summed E-state index contributed by atoms with van der Waals surface area (Å²) in [6, 6.07) is 6.06. The molecule has 0 saturated heterocycles. The van der Waals surface area contributed by atoms with Gasteiger partial charge in [-0.05, 0) is 24.5 Å². The summed E-state index contributed by atoms with van der Waals surface area (Å²) in [5, 5.41) is 12.0. The number of aliphatic hydroxyl groups excluding tert-OH is 1. The van der Waals surface area contributed by atoms with E-state index in [1.54, 1.807) is 18.2 Å². The predicted molar refractivity (Wildman–Crippen MR) is 57.3 cm³/mol. The van der Waals surface area contributed by atoms with Gasteiger partial charge in [-0.2, -0.15) is 0 Å². The fraction of sp³-hybridized carbons (Fsp3) is 0.417. The van der Waals surface area contributed by atoms with Gasteiger partial charge < -0.3 is 10.4 Å². The molecule has 0 unspecified atom stereocenters. The fourth-order valence-electron chi connectivity index (χ4n) is 1.72. The van der Waals surface area contributed by atoms with Crippen LogP contribution in [0.1, 0.15) is 18.4 Å². The third-order valence-corrected chi connectivity index (χ3v) is 2.89. The Bertz CT molecular complexity index is 394. The van der Waals surface area contributed by atoms with Crippen molar-refractivity contribution in [1.82, 2.24) is 5.32 Å². The van der Waals surface area contributed by atoms with Crippen molar-refractivity contribution < 1.29 is 14.3 Å². The van der Waals surface area contributed by atoms with Crippen LogP contribution in [0.25, 0.3) is 0 Å². The first-order valence-electron chi connectivity index (χ1n) is 5.37. The highest BCUT2D eigenvalue weighted by Crippen LogP contribution is 2.19. The van der Waals surface area contributed by atoms with Crippen molar-refractivity contribution in [3.63, 3.8) is 0 Å². The number of aliphatic hydroxyl groups is 1. The Kier molecular flexibility index (Phi) is 3.19. The van der Waals surface area contributed by atoms with Crippen molar-refractivity contribution in [2.75, 3.05) is 0 Å². The third kappa shape index (κ3) is 2.39. The highest BCUT2D eigenvalue weighted by Gasteiger charge is 2.29. The Balaban J connectivity index is 1.90. The lowest BCUT2D eigenvalue weighted by molar-refractivity contribution is -0.123. The molecule has 0 aliphatic heterocycles. The van der Waals surface area contributed by atoms with Crippen LogP contribution in [0.2, 0.25) is 0 Å². The summed E-state index contributed by atoms with van der Waals surface area (Å²) >= 11 is 0. The summed E-state index contributed by atoms with van der Waals surface area (Å²) in [5.74, 6) is -0.611. The van der Waals surface area contributed by atoms with Crippen molar-refractivity contribution in [1.29, 1.82) is 0 Å². The van der Waals surface area contributed by atoms with E-state index >= 15 is 0 Å². The molecule has 0 spiro atoms. The van der Waals surface area contributed by atoms with Crippen LogP contribution in [-0.2, 0) is 11.2 Å². The number of halogens is 1. The monoisotopic (exact) mass is 223 g/mol. The number of hydrogen-bond acceptors (Lipinski definition) is 2. The first kappa shape index (κ1) is 11.1. The summed E-state index contributed by atoms with van der Waals surface area (Å²) in [4.78, 5) is 11.5. The Morgan fingerprint density at radius 2 is 2.19 bits per heavy atom. The SMILES string of the molecule is O=C(Cc1ccccc1F)N[C@@H]1CC[C@H]1O. The van der Waals surface area contributed by atoms with Gasteiger partial charge in [0.05, 0.1) is 18.6 Å². The standard InChI is InChI=1S/C12H14FNO2/c13-9-4-2-1-3-8(9)7-12(16)14-10-5-6-11(10)15/h1-4,10-11,15H,5-7H2,(H,14,16)/t10-,11-/m1/s1. The van der Waals surface area contributed by atoms with E-state index < -0.39 is 6.10 Å². The zero-order chi connectivity index (χ0) is 11.5. The molecule has 0 heterocycles. The Labute approximate surface area is 93.3 Å². The van der Waals surface area contributed by atoms with E-state index in [0.29, 0.717) is 5.56 Å². The first-order chi connectivity index (χ1) is 7.66. The summed E-state index contributed by atoms with van der Waals surface area (Å²) < 4.78 is 13.2. The molecular formula is C12H14FNO2. The third-order valence-electron chi connectivity index (χ3n) is 2.89. The smallest absolute Gasteiger partial charge is 0.224 e. The van der Waals surface area contributed by atoms with Crippen molar-refractivity contribution in [2.24, 2.45) is 0 Å². The molecule has 1 aromatic carbocycles. The van der Waals surface area contributed by atoms with Crippen LogP contribution in [0, 0.1) is 5.82 Å². The van der Waals surface area contributed by atoms with Gasteiger partial charge in [-0.15, -0.1) is 0 Å². The van der Waals surface area contributed by atoms with Gasteiger partial charge in [0.1, 0.15) is 5.82 Å². The minimum absolute atomic E-state index is 0.0237. The second kappa shape index (κ2) is 4.61. The van der Waals surface area contributed by atoms with E-state index in [1.165, 1.54) is 6.07 Å². The molecule has 0 bridgehead atoms. The van der Waals surface area contributed by atoms with E-state index in [2.05, 4.69) is 5.32 Å². The molecule has 2 N–H and O–H groups in total. The normalized spacial score (nSPS) is 23.6. The van der Waals surface area contributed by atoms with Gasteiger partial charge in [0.2, 0.25) is 5.91 Å². The molecule has 86 valence electrons. The van der Waals surface area contributed by atoms with Crippen LogP contribution in [0.4, 0.5) is 4.39 Å². The topological polar surface area (TPSA) is 49.3 Å². The molecule has 1 aliphatic carbocycles. The maximum atomic E-state index is 13.2. The van der Waals surface area contributed by atoms with Crippen LogP contribution < -0.4 is 5.32 Å². The first-order valence-corrected chi connectivity index (χ1v) is 5.37. The molecule has 1 amide bonds. The van der Waals surface area contributed by atoms with Crippen LogP contribution >= 0.6 is 0 Å². The lowest BCUT2D eigenvalue weighted by atomic mass is 9.89. The number of nitrogens with one attached hydrogen (secondary N) is 1. The maximum absolute atomic E-state index is 13.2. The van der Waals surface area contributed by atoms with Crippen LogP contribution in [0.5, 0.6) is 0 Å². The van der Waals surface area contributed by atoms with Crippen molar-refractivity contribution in [3.05, 3.63) is 35.6 Å². The van der Waals surface area contributed by atoms with Gasteiger partial charge in [-0.1, -0.05) is 18.2 Å². The van der Waals surface area contributed by atoms with Gasteiger partial charge in [-0.3, -0.25) is 4.79 Å². The van der Waals surface area contributed by atoms with Gasteiger partial charge in [-0.25, -0.2) is 4.39 Å². The average molecular weight is 223 g/mol. The molecule has 2 atom stereocenters.